The molecule has 0 nitrogen and oxygen atoms in total. The molecule has 0 spiro atoms. The predicted octanol–water partition coefficient (Wildman–Crippen LogP) is 2.32. The normalized spacial score (nSPS) is 33.4. The summed E-state index contributed by atoms with van der Waals surface area (Å²) in [5.41, 5.74) is 0. The molecule has 9 heavy (non-hydrogen) atoms. The Morgan fingerprint density at radius 2 is 2.33 bits per heavy atom. The second-order valence-corrected chi connectivity index (χ2v) is 2.83. The summed E-state index contributed by atoms with van der Waals surface area (Å²) < 4.78 is 0. The van der Waals surface area contributed by atoms with Crippen LogP contribution < -0.4 is 0 Å². The van der Waals surface area contributed by atoms with Crippen molar-refractivity contribution in [3.8, 4) is 0 Å². The van der Waals surface area contributed by atoms with Crippen LogP contribution in [0.5, 0.6) is 0 Å². The average molecular weight is 120 g/mol. The minimum absolute atomic E-state index is 0.349. The molecule has 1 aliphatic rings. The van der Waals surface area contributed by atoms with E-state index in [2.05, 4.69) is 19.1 Å². The Hall–Kier alpha value is -0.195. The van der Waals surface area contributed by atoms with E-state index in [4.69, 9.17) is 7.85 Å². The summed E-state index contributed by atoms with van der Waals surface area (Å²) in [5.74, 6) is 1.13. The van der Waals surface area contributed by atoms with Crippen LogP contribution in [-0.4, -0.2) is 7.85 Å². The van der Waals surface area contributed by atoms with Crippen LogP contribution in [0.1, 0.15) is 26.2 Å². The molecule has 1 aliphatic carbocycles. The van der Waals surface area contributed by atoms with Crippen LogP contribution in [0.4, 0.5) is 0 Å². The smallest absolute Gasteiger partial charge is 0.0755 e. The van der Waals surface area contributed by atoms with Gasteiger partial charge in [0.1, 0.15) is 0 Å². The van der Waals surface area contributed by atoms with E-state index in [0.717, 1.165) is 5.92 Å². The molecule has 0 aromatic heterocycles. The fraction of sp³-hybridized carbons (Fsp3) is 0.750. The van der Waals surface area contributed by atoms with Crippen molar-refractivity contribution >= 4 is 7.85 Å². The van der Waals surface area contributed by atoms with Gasteiger partial charge in [-0.25, -0.2) is 0 Å². The molecule has 0 aromatic rings. The Balaban J connectivity index is 2.24. The maximum atomic E-state index is 5.67. The molecular formula is C8H13B. The standard InChI is InChI=1S/C8H13B/c1-2-3-7-4-5-8(9)6-7/h4-5,7-8H,2-3,6H2,1H3. The van der Waals surface area contributed by atoms with E-state index in [1.165, 1.54) is 19.3 Å². The first-order valence-corrected chi connectivity index (χ1v) is 3.77. The number of rotatable bonds is 2. The quantitative estimate of drug-likeness (QED) is 0.387. The zero-order valence-electron chi connectivity index (χ0n) is 6.01. The number of hydrogen-bond donors (Lipinski definition) is 0. The Labute approximate surface area is 58.8 Å². The zero-order chi connectivity index (χ0) is 6.69. The van der Waals surface area contributed by atoms with Crippen LogP contribution in [0.25, 0.3) is 0 Å². The van der Waals surface area contributed by atoms with E-state index in [1.807, 2.05) is 0 Å². The van der Waals surface area contributed by atoms with Crippen molar-refractivity contribution in [3.05, 3.63) is 12.2 Å². The molecule has 1 rings (SSSR count). The molecule has 2 atom stereocenters. The lowest BCUT2D eigenvalue weighted by molar-refractivity contribution is 0.569. The van der Waals surface area contributed by atoms with Gasteiger partial charge in [-0.1, -0.05) is 31.3 Å². The van der Waals surface area contributed by atoms with Crippen LogP contribution in [0.2, 0.25) is 5.82 Å². The van der Waals surface area contributed by atoms with Gasteiger partial charge in [0.15, 0.2) is 0 Å². The molecule has 2 radical (unpaired) electrons. The highest BCUT2D eigenvalue weighted by molar-refractivity contribution is 6.13. The minimum atomic E-state index is 0.349. The molecule has 0 saturated carbocycles. The van der Waals surface area contributed by atoms with Crippen LogP contribution in [-0.2, 0) is 0 Å². The molecule has 0 aromatic carbocycles. The molecule has 0 N–H and O–H groups in total. The Morgan fingerprint density at radius 3 is 2.78 bits per heavy atom. The molecule has 0 fully saturated rings. The molecule has 48 valence electrons. The number of hydrogen-bond acceptors (Lipinski definition) is 0. The lowest BCUT2D eigenvalue weighted by atomic mass is 9.85. The molecule has 0 aliphatic heterocycles. The Morgan fingerprint density at radius 1 is 1.56 bits per heavy atom. The van der Waals surface area contributed by atoms with Gasteiger partial charge in [0.2, 0.25) is 0 Å². The lowest BCUT2D eigenvalue weighted by Gasteiger charge is -2.05. The van der Waals surface area contributed by atoms with E-state index < -0.39 is 0 Å². The third-order valence-corrected chi connectivity index (χ3v) is 1.86. The van der Waals surface area contributed by atoms with Gasteiger partial charge < -0.3 is 0 Å². The van der Waals surface area contributed by atoms with Crippen LogP contribution >= 0.6 is 0 Å². The second-order valence-electron chi connectivity index (χ2n) is 2.83. The SMILES string of the molecule is [B]C1C=CC(CCC)C1. The van der Waals surface area contributed by atoms with Gasteiger partial charge in [-0.05, 0) is 18.8 Å². The third kappa shape index (κ3) is 1.89. The first-order chi connectivity index (χ1) is 4.33. The fourth-order valence-corrected chi connectivity index (χ4v) is 1.39. The summed E-state index contributed by atoms with van der Waals surface area (Å²) in [6.45, 7) is 2.22. The summed E-state index contributed by atoms with van der Waals surface area (Å²) in [7, 11) is 5.67. The van der Waals surface area contributed by atoms with Gasteiger partial charge >= 0.3 is 0 Å². The second kappa shape index (κ2) is 3.10. The maximum Gasteiger partial charge on any atom is 0.0755 e. The Bertz CT molecular complexity index is 107. The molecular weight excluding hydrogens is 107 g/mol. The van der Waals surface area contributed by atoms with Crippen molar-refractivity contribution in [2.75, 3.05) is 0 Å². The van der Waals surface area contributed by atoms with E-state index >= 15 is 0 Å². The highest BCUT2D eigenvalue weighted by atomic mass is 14.2. The number of allylic oxidation sites excluding steroid dienone is 2. The van der Waals surface area contributed by atoms with Gasteiger partial charge in [0, 0.05) is 0 Å². The summed E-state index contributed by atoms with van der Waals surface area (Å²) in [5, 5.41) is 0. The first kappa shape index (κ1) is 6.92. The van der Waals surface area contributed by atoms with Crippen LogP contribution in [0.15, 0.2) is 12.2 Å². The molecule has 0 amide bonds. The topological polar surface area (TPSA) is 0 Å². The van der Waals surface area contributed by atoms with E-state index in [-0.39, 0.29) is 0 Å². The van der Waals surface area contributed by atoms with Crippen molar-refractivity contribution in [1.82, 2.24) is 0 Å². The minimum Gasteiger partial charge on any atom is -0.0938 e. The van der Waals surface area contributed by atoms with Gasteiger partial charge in [-0.2, -0.15) is 0 Å². The van der Waals surface area contributed by atoms with Crippen LogP contribution in [0.3, 0.4) is 0 Å². The van der Waals surface area contributed by atoms with Gasteiger partial charge in [-0.15, -0.1) is 0 Å². The van der Waals surface area contributed by atoms with E-state index in [1.54, 1.807) is 0 Å². The lowest BCUT2D eigenvalue weighted by Crippen LogP contribution is -1.92. The summed E-state index contributed by atoms with van der Waals surface area (Å²) in [6.07, 6.45) is 8.15. The van der Waals surface area contributed by atoms with Crippen molar-refractivity contribution < 1.29 is 0 Å². The molecule has 0 saturated heterocycles. The summed E-state index contributed by atoms with van der Waals surface area (Å²) >= 11 is 0. The van der Waals surface area contributed by atoms with Crippen molar-refractivity contribution in [2.24, 2.45) is 5.92 Å². The molecule has 1 heteroatoms. The largest absolute Gasteiger partial charge is 0.0938 e. The van der Waals surface area contributed by atoms with Gasteiger partial charge in [0.05, 0.1) is 7.85 Å². The van der Waals surface area contributed by atoms with Gasteiger partial charge in [-0.3, -0.25) is 0 Å². The van der Waals surface area contributed by atoms with E-state index in [0.29, 0.717) is 5.82 Å². The highest BCUT2D eigenvalue weighted by Crippen LogP contribution is 2.28. The maximum absolute atomic E-state index is 5.67. The highest BCUT2D eigenvalue weighted by Gasteiger charge is 2.12. The predicted molar refractivity (Wildman–Crippen MR) is 41.7 cm³/mol. The molecule has 2 unspecified atom stereocenters. The zero-order valence-corrected chi connectivity index (χ0v) is 6.01. The first-order valence-electron chi connectivity index (χ1n) is 3.77. The van der Waals surface area contributed by atoms with Crippen molar-refractivity contribution in [3.63, 3.8) is 0 Å². The third-order valence-electron chi connectivity index (χ3n) is 1.86. The Kier molecular flexibility index (Phi) is 2.38. The van der Waals surface area contributed by atoms with Crippen LogP contribution in [0, 0.1) is 5.92 Å². The average Bonchev–Trinajstić information content (AvgIpc) is 2.17. The van der Waals surface area contributed by atoms with Gasteiger partial charge in [0.25, 0.3) is 0 Å². The molecule has 0 bridgehead atoms. The fourth-order valence-electron chi connectivity index (χ4n) is 1.39. The molecule has 0 heterocycles. The van der Waals surface area contributed by atoms with E-state index in [9.17, 15) is 0 Å². The summed E-state index contributed by atoms with van der Waals surface area (Å²) in [6, 6.07) is 0. The monoisotopic (exact) mass is 120 g/mol. The van der Waals surface area contributed by atoms with Crippen molar-refractivity contribution in [1.29, 1.82) is 0 Å². The summed E-state index contributed by atoms with van der Waals surface area (Å²) in [4.78, 5) is 0. The van der Waals surface area contributed by atoms with Crippen molar-refractivity contribution in [2.45, 2.75) is 32.0 Å².